The number of thiophene rings is 1. The Bertz CT molecular complexity index is 1310. The molecule has 164 valence electrons. The molecule has 4 N–H and O–H groups in total. The number of rotatable bonds is 8. The summed E-state index contributed by atoms with van der Waals surface area (Å²) in [5.74, 6) is 0.416. The fourth-order valence-electron chi connectivity index (χ4n) is 3.14. The Morgan fingerprint density at radius 1 is 1.25 bits per heavy atom. The van der Waals surface area contributed by atoms with Crippen molar-refractivity contribution in [3.05, 3.63) is 92.5 Å². The van der Waals surface area contributed by atoms with E-state index in [0.717, 1.165) is 21.9 Å². The van der Waals surface area contributed by atoms with Crippen LogP contribution < -0.4 is 16.6 Å². The van der Waals surface area contributed by atoms with Crippen molar-refractivity contribution in [2.24, 2.45) is 10.7 Å². The van der Waals surface area contributed by atoms with Gasteiger partial charge < -0.3 is 20.7 Å². The second-order valence-electron chi connectivity index (χ2n) is 6.84. The van der Waals surface area contributed by atoms with Crippen LogP contribution in [-0.4, -0.2) is 38.2 Å². The molecule has 0 spiro atoms. The first-order valence-electron chi connectivity index (χ1n) is 9.81. The number of hydrogen-bond donors (Lipinski definition) is 3. The summed E-state index contributed by atoms with van der Waals surface area (Å²) >= 11 is 7.33. The number of hydrogen-bond acceptors (Lipinski definition) is 6. The van der Waals surface area contributed by atoms with Crippen molar-refractivity contribution in [1.29, 1.82) is 0 Å². The Hall–Kier alpha value is -3.40. The van der Waals surface area contributed by atoms with Gasteiger partial charge in [0.1, 0.15) is 5.84 Å². The van der Waals surface area contributed by atoms with Gasteiger partial charge in [-0.1, -0.05) is 17.7 Å². The highest BCUT2D eigenvalue weighted by molar-refractivity contribution is 7.18. The Labute approximate surface area is 193 Å². The summed E-state index contributed by atoms with van der Waals surface area (Å²) in [6, 6.07) is 14.2. The Morgan fingerprint density at radius 3 is 2.88 bits per heavy atom. The van der Waals surface area contributed by atoms with Crippen molar-refractivity contribution >= 4 is 34.5 Å². The lowest BCUT2D eigenvalue weighted by Crippen LogP contribution is -2.16. The number of benzene rings is 1. The molecule has 0 bridgehead atoms. The molecule has 0 aliphatic carbocycles. The zero-order valence-corrected chi connectivity index (χ0v) is 18.6. The lowest BCUT2D eigenvalue weighted by molar-refractivity contribution is 0.311. The average molecular weight is 469 g/mol. The highest BCUT2D eigenvalue weighted by Gasteiger charge is 2.10. The van der Waals surface area contributed by atoms with Gasteiger partial charge in [-0.05, 0) is 36.4 Å². The third-order valence-corrected chi connectivity index (χ3v) is 5.91. The molecule has 4 aromatic rings. The lowest BCUT2D eigenvalue weighted by Gasteiger charge is -2.15. The van der Waals surface area contributed by atoms with Gasteiger partial charge >= 0.3 is 0 Å². The topological polar surface area (TPSA) is 110 Å². The summed E-state index contributed by atoms with van der Waals surface area (Å²) in [4.78, 5) is 21.8. The molecular weight excluding hydrogens is 448 g/mol. The SMILES string of the molecule is NC(=NCc1cn(-c2ccc(-n3ccccc3=O)cc2NCCO)cn1)c1ccc(Cl)s1. The molecule has 0 fully saturated rings. The standard InChI is InChI=1S/C22H21ClN6O2S/c23-20-7-6-19(32-20)22(24)26-12-15-13-28(14-27-15)18-5-4-16(11-17(18)25-8-10-30)29-9-2-1-3-21(29)31/h1-7,9,11,13-14,25,30H,8,10,12H2,(H2,24,26). The molecule has 8 nitrogen and oxygen atoms in total. The van der Waals surface area contributed by atoms with E-state index in [1.807, 2.05) is 35.0 Å². The number of nitrogens with one attached hydrogen (secondary N) is 1. The number of halogens is 1. The van der Waals surface area contributed by atoms with Crippen LogP contribution in [0, 0.1) is 0 Å². The van der Waals surface area contributed by atoms with Gasteiger partial charge in [-0.2, -0.15) is 0 Å². The van der Waals surface area contributed by atoms with Crippen molar-refractivity contribution in [2.75, 3.05) is 18.5 Å². The number of imidazole rings is 1. The summed E-state index contributed by atoms with van der Waals surface area (Å²) in [7, 11) is 0. The maximum absolute atomic E-state index is 12.2. The molecule has 32 heavy (non-hydrogen) atoms. The number of anilines is 1. The fraction of sp³-hybridized carbons (Fsp3) is 0.136. The summed E-state index contributed by atoms with van der Waals surface area (Å²) in [5.41, 5.74) is 8.96. The molecule has 4 rings (SSSR count). The maximum atomic E-state index is 12.2. The molecule has 0 saturated heterocycles. The van der Waals surface area contributed by atoms with Crippen LogP contribution in [-0.2, 0) is 6.54 Å². The quantitative estimate of drug-likeness (QED) is 0.272. The number of pyridine rings is 1. The van der Waals surface area contributed by atoms with Gasteiger partial charge in [-0.3, -0.25) is 14.4 Å². The Morgan fingerprint density at radius 2 is 2.12 bits per heavy atom. The van der Waals surface area contributed by atoms with Crippen LogP contribution in [0.1, 0.15) is 10.6 Å². The van der Waals surface area contributed by atoms with Crippen LogP contribution in [0.4, 0.5) is 5.69 Å². The van der Waals surface area contributed by atoms with E-state index in [2.05, 4.69) is 15.3 Å². The van der Waals surface area contributed by atoms with E-state index in [9.17, 15) is 9.90 Å². The van der Waals surface area contributed by atoms with Crippen molar-refractivity contribution in [3.8, 4) is 11.4 Å². The van der Waals surface area contributed by atoms with Crippen LogP contribution in [0.5, 0.6) is 0 Å². The molecule has 1 aromatic carbocycles. The zero-order chi connectivity index (χ0) is 22.5. The maximum Gasteiger partial charge on any atom is 0.255 e. The highest BCUT2D eigenvalue weighted by Crippen LogP contribution is 2.24. The summed E-state index contributed by atoms with van der Waals surface area (Å²) in [6.45, 7) is 0.669. The normalized spacial score (nSPS) is 11.6. The average Bonchev–Trinajstić information content (AvgIpc) is 3.45. The first kappa shape index (κ1) is 21.8. The molecular formula is C22H21ClN6O2S. The number of amidine groups is 1. The van der Waals surface area contributed by atoms with Gasteiger partial charge in [0.05, 0.1) is 51.4 Å². The van der Waals surface area contributed by atoms with Gasteiger partial charge in [0.15, 0.2) is 0 Å². The lowest BCUT2D eigenvalue weighted by atomic mass is 10.2. The third kappa shape index (κ3) is 4.91. The van der Waals surface area contributed by atoms with E-state index < -0.39 is 0 Å². The van der Waals surface area contributed by atoms with Crippen LogP contribution in [0.25, 0.3) is 11.4 Å². The van der Waals surface area contributed by atoms with E-state index in [1.54, 1.807) is 35.3 Å². The van der Waals surface area contributed by atoms with E-state index in [-0.39, 0.29) is 12.2 Å². The van der Waals surface area contributed by atoms with Gasteiger partial charge in [0, 0.05) is 25.0 Å². The molecule has 0 aliphatic rings. The van der Waals surface area contributed by atoms with Crippen molar-refractivity contribution in [2.45, 2.75) is 6.54 Å². The molecule has 0 saturated carbocycles. The molecule has 0 amide bonds. The minimum atomic E-state index is -0.124. The largest absolute Gasteiger partial charge is 0.395 e. The number of nitrogens with two attached hydrogens (primary N) is 1. The summed E-state index contributed by atoms with van der Waals surface area (Å²) in [5, 5.41) is 12.5. The predicted molar refractivity (Wildman–Crippen MR) is 128 cm³/mol. The van der Waals surface area contributed by atoms with E-state index in [4.69, 9.17) is 17.3 Å². The second kappa shape index (κ2) is 9.82. The first-order valence-corrected chi connectivity index (χ1v) is 11.0. The van der Waals surface area contributed by atoms with E-state index in [1.165, 1.54) is 17.4 Å². The molecule has 0 unspecified atom stereocenters. The fourth-order valence-corrected chi connectivity index (χ4v) is 4.11. The van der Waals surface area contributed by atoms with Crippen molar-refractivity contribution < 1.29 is 5.11 Å². The Kier molecular flexibility index (Phi) is 6.69. The second-order valence-corrected chi connectivity index (χ2v) is 8.55. The van der Waals surface area contributed by atoms with E-state index >= 15 is 0 Å². The number of aliphatic imine (C=N–C) groups is 1. The van der Waals surface area contributed by atoms with Crippen molar-refractivity contribution in [1.82, 2.24) is 14.1 Å². The highest BCUT2D eigenvalue weighted by atomic mass is 35.5. The van der Waals surface area contributed by atoms with E-state index in [0.29, 0.717) is 28.9 Å². The zero-order valence-electron chi connectivity index (χ0n) is 17.0. The van der Waals surface area contributed by atoms with Crippen LogP contribution in [0.15, 0.2) is 77.0 Å². The summed E-state index contributed by atoms with van der Waals surface area (Å²) in [6.07, 6.45) is 5.27. The molecule has 0 atom stereocenters. The Balaban J connectivity index is 1.61. The van der Waals surface area contributed by atoms with Crippen LogP contribution in [0.2, 0.25) is 4.34 Å². The molecule has 0 radical (unpaired) electrons. The molecule has 3 aromatic heterocycles. The van der Waals surface area contributed by atoms with Gasteiger partial charge in [0.2, 0.25) is 0 Å². The molecule has 0 aliphatic heterocycles. The number of nitrogens with zero attached hydrogens (tertiary/aromatic N) is 4. The smallest absolute Gasteiger partial charge is 0.255 e. The molecule has 10 heteroatoms. The predicted octanol–water partition coefficient (Wildman–Crippen LogP) is 3.05. The van der Waals surface area contributed by atoms with Gasteiger partial charge in [-0.15, -0.1) is 11.3 Å². The van der Waals surface area contributed by atoms with Gasteiger partial charge in [-0.25, -0.2) is 4.98 Å². The first-order chi connectivity index (χ1) is 15.5. The number of aliphatic hydroxyl groups excluding tert-OH is 1. The third-order valence-electron chi connectivity index (χ3n) is 4.66. The summed E-state index contributed by atoms with van der Waals surface area (Å²) < 4.78 is 4.08. The molecule has 3 heterocycles. The van der Waals surface area contributed by atoms with Crippen LogP contribution >= 0.6 is 22.9 Å². The minimum Gasteiger partial charge on any atom is -0.395 e. The van der Waals surface area contributed by atoms with Crippen molar-refractivity contribution in [3.63, 3.8) is 0 Å². The number of aromatic nitrogens is 3. The number of aliphatic hydroxyl groups is 1. The van der Waals surface area contributed by atoms with Gasteiger partial charge in [0.25, 0.3) is 5.56 Å². The van der Waals surface area contributed by atoms with Crippen LogP contribution in [0.3, 0.4) is 0 Å². The minimum absolute atomic E-state index is 0.0230. The monoisotopic (exact) mass is 468 g/mol.